The highest BCUT2D eigenvalue weighted by Crippen LogP contribution is 2.17. The summed E-state index contributed by atoms with van der Waals surface area (Å²) in [6, 6.07) is 7.15. The summed E-state index contributed by atoms with van der Waals surface area (Å²) < 4.78 is 10.9. The van der Waals surface area contributed by atoms with Gasteiger partial charge in [-0.2, -0.15) is 0 Å². The molecule has 4 nitrogen and oxygen atoms in total. The van der Waals surface area contributed by atoms with Crippen molar-refractivity contribution in [3.05, 3.63) is 29.8 Å². The van der Waals surface area contributed by atoms with Gasteiger partial charge in [0, 0.05) is 11.8 Å². The smallest absolute Gasteiger partial charge is 0.317 e. The Balaban J connectivity index is 2.93. The molecule has 122 valence electrons. The molecule has 0 aromatic heterocycles. The third kappa shape index (κ3) is 6.43. The number of benzene rings is 1. The second kappa shape index (κ2) is 8.13. The van der Waals surface area contributed by atoms with Crippen LogP contribution in [-0.4, -0.2) is 33.7 Å². The number of rotatable bonds is 7. The molecule has 1 rings (SSSR count). The minimum Gasteiger partial charge on any atom is -0.518 e. The molecule has 0 saturated heterocycles. The highest BCUT2D eigenvalue weighted by atomic mass is 28.4. The van der Waals surface area contributed by atoms with Crippen molar-refractivity contribution in [3.8, 4) is 5.75 Å². The number of aliphatic imine (C=N–C) groups is 1. The van der Waals surface area contributed by atoms with Crippen molar-refractivity contribution < 1.29 is 14.0 Å². The third-order valence-electron chi connectivity index (χ3n) is 2.91. The Labute approximate surface area is 134 Å². The molecular weight excluding hydrogens is 294 g/mol. The quantitative estimate of drug-likeness (QED) is 0.565. The van der Waals surface area contributed by atoms with Crippen LogP contribution < -0.4 is 4.74 Å². The molecule has 0 radical (unpaired) electrons. The van der Waals surface area contributed by atoms with Gasteiger partial charge in [-0.05, 0) is 44.1 Å². The molecule has 1 atom stereocenters. The fourth-order valence-corrected chi connectivity index (χ4v) is 2.72. The van der Waals surface area contributed by atoms with Gasteiger partial charge in [0.15, 0.2) is 0 Å². The molecule has 0 bridgehead atoms. The van der Waals surface area contributed by atoms with Crippen molar-refractivity contribution in [1.82, 2.24) is 0 Å². The Hall–Kier alpha value is -1.62. The van der Waals surface area contributed by atoms with Crippen LogP contribution in [-0.2, 0) is 9.22 Å². The summed E-state index contributed by atoms with van der Waals surface area (Å²) in [6.45, 7) is 10.2. The number of methoxy groups -OCH3 is 1. The van der Waals surface area contributed by atoms with Crippen LogP contribution in [0.1, 0.15) is 25.8 Å². The Bertz CT molecular complexity index is 521. The number of para-hydroxylation sites is 1. The van der Waals surface area contributed by atoms with Crippen LogP contribution in [0.2, 0.25) is 19.6 Å². The molecule has 0 aliphatic heterocycles. The van der Waals surface area contributed by atoms with E-state index in [4.69, 9.17) is 9.16 Å². The number of hydrogen-bond acceptors (Lipinski definition) is 4. The van der Waals surface area contributed by atoms with Gasteiger partial charge in [0.1, 0.15) is 11.8 Å². The Morgan fingerprint density at radius 2 is 1.91 bits per heavy atom. The molecule has 0 N–H and O–H groups in total. The maximum atomic E-state index is 12.3. The Morgan fingerprint density at radius 1 is 1.27 bits per heavy atom. The van der Waals surface area contributed by atoms with Crippen molar-refractivity contribution in [1.29, 1.82) is 0 Å². The zero-order chi connectivity index (χ0) is 16.8. The van der Waals surface area contributed by atoms with E-state index in [0.717, 1.165) is 11.3 Å². The number of nitrogens with zero attached hydrogens (tertiary/aromatic N) is 1. The van der Waals surface area contributed by atoms with Crippen molar-refractivity contribution >= 4 is 20.5 Å². The lowest BCUT2D eigenvalue weighted by Gasteiger charge is -2.21. The molecule has 22 heavy (non-hydrogen) atoms. The molecule has 0 saturated carbocycles. The molecule has 0 aliphatic rings. The average molecular weight is 321 g/mol. The predicted molar refractivity (Wildman–Crippen MR) is 93.3 cm³/mol. The highest BCUT2D eigenvalue weighted by molar-refractivity contribution is 6.71. The summed E-state index contributed by atoms with van der Waals surface area (Å²) in [6.07, 6.45) is 2.38. The normalized spacial score (nSPS) is 13.4. The maximum Gasteiger partial charge on any atom is 0.317 e. The van der Waals surface area contributed by atoms with Crippen LogP contribution in [0.15, 0.2) is 29.3 Å². The lowest BCUT2D eigenvalue weighted by atomic mass is 10.0. The number of carbonyl (C=O) groups excluding carboxylic acids is 1. The van der Waals surface area contributed by atoms with E-state index in [1.54, 1.807) is 13.3 Å². The first-order valence-corrected chi connectivity index (χ1v) is 11.0. The van der Waals surface area contributed by atoms with Gasteiger partial charge in [0.25, 0.3) is 0 Å². The minimum atomic E-state index is -1.91. The van der Waals surface area contributed by atoms with E-state index in [2.05, 4.69) is 18.8 Å². The van der Waals surface area contributed by atoms with E-state index in [0.29, 0.717) is 12.3 Å². The first-order valence-electron chi connectivity index (χ1n) is 7.62. The van der Waals surface area contributed by atoms with Gasteiger partial charge in [-0.25, -0.2) is 0 Å². The molecule has 5 heteroatoms. The van der Waals surface area contributed by atoms with Crippen LogP contribution in [0, 0.1) is 5.92 Å². The van der Waals surface area contributed by atoms with Gasteiger partial charge < -0.3 is 9.16 Å². The average Bonchev–Trinajstić information content (AvgIpc) is 2.41. The molecule has 1 aromatic carbocycles. The van der Waals surface area contributed by atoms with Crippen LogP contribution in [0.3, 0.4) is 0 Å². The fourth-order valence-electron chi connectivity index (χ4n) is 1.98. The van der Waals surface area contributed by atoms with Crippen LogP contribution in [0.4, 0.5) is 0 Å². The topological polar surface area (TPSA) is 47.9 Å². The molecule has 1 unspecified atom stereocenters. The second-order valence-electron chi connectivity index (χ2n) is 6.70. The van der Waals surface area contributed by atoms with Crippen molar-refractivity contribution in [2.75, 3.05) is 7.11 Å². The SMILES string of the molecule is COc1ccccc1C=NC(CC(C)C)C(=O)O[Si](C)(C)C. The summed E-state index contributed by atoms with van der Waals surface area (Å²) in [4.78, 5) is 16.8. The van der Waals surface area contributed by atoms with Gasteiger partial charge in [-0.1, -0.05) is 26.0 Å². The standard InChI is InChI=1S/C17H27NO3Si/c1-13(2)11-15(17(19)21-22(4,5)6)18-12-14-9-7-8-10-16(14)20-3/h7-10,12-13,15H,11H2,1-6H3. The molecule has 0 heterocycles. The maximum absolute atomic E-state index is 12.3. The summed E-state index contributed by atoms with van der Waals surface area (Å²) in [5, 5.41) is 0. The van der Waals surface area contributed by atoms with E-state index in [1.807, 2.05) is 43.9 Å². The van der Waals surface area contributed by atoms with Gasteiger partial charge in [0.2, 0.25) is 8.32 Å². The highest BCUT2D eigenvalue weighted by Gasteiger charge is 2.26. The fraction of sp³-hybridized carbons (Fsp3) is 0.529. The zero-order valence-electron chi connectivity index (χ0n) is 14.4. The summed E-state index contributed by atoms with van der Waals surface area (Å²) in [5.74, 6) is 0.890. The van der Waals surface area contributed by atoms with E-state index in [9.17, 15) is 4.79 Å². The van der Waals surface area contributed by atoms with Crippen LogP contribution in [0.25, 0.3) is 0 Å². The van der Waals surface area contributed by atoms with Crippen LogP contribution in [0.5, 0.6) is 5.75 Å². The Morgan fingerprint density at radius 3 is 2.45 bits per heavy atom. The van der Waals surface area contributed by atoms with Gasteiger partial charge in [0.05, 0.1) is 7.11 Å². The number of hydrogen-bond donors (Lipinski definition) is 0. The second-order valence-corrected chi connectivity index (χ2v) is 11.1. The molecule has 0 spiro atoms. The molecule has 0 amide bonds. The Kier molecular flexibility index (Phi) is 6.81. The molecule has 0 aliphatic carbocycles. The zero-order valence-corrected chi connectivity index (χ0v) is 15.4. The van der Waals surface area contributed by atoms with Gasteiger partial charge >= 0.3 is 5.97 Å². The first-order chi connectivity index (χ1) is 10.2. The number of ether oxygens (including phenoxy) is 1. The van der Waals surface area contributed by atoms with E-state index < -0.39 is 14.4 Å². The van der Waals surface area contributed by atoms with E-state index >= 15 is 0 Å². The molecule has 1 aromatic rings. The predicted octanol–water partition coefficient (Wildman–Crippen LogP) is 3.91. The van der Waals surface area contributed by atoms with E-state index in [-0.39, 0.29) is 5.97 Å². The lowest BCUT2D eigenvalue weighted by molar-refractivity contribution is -0.136. The van der Waals surface area contributed by atoms with Crippen molar-refractivity contribution in [3.63, 3.8) is 0 Å². The summed E-state index contributed by atoms with van der Waals surface area (Å²) in [5.41, 5.74) is 0.861. The molecular formula is C17H27NO3Si. The number of carbonyl (C=O) groups is 1. The summed E-state index contributed by atoms with van der Waals surface area (Å²) in [7, 11) is -0.286. The molecule has 0 fully saturated rings. The lowest BCUT2D eigenvalue weighted by Crippen LogP contribution is -2.35. The van der Waals surface area contributed by atoms with Gasteiger partial charge in [-0.3, -0.25) is 9.79 Å². The van der Waals surface area contributed by atoms with E-state index in [1.165, 1.54) is 0 Å². The van der Waals surface area contributed by atoms with Gasteiger partial charge in [-0.15, -0.1) is 0 Å². The minimum absolute atomic E-state index is 0.223. The largest absolute Gasteiger partial charge is 0.518 e. The van der Waals surface area contributed by atoms with Crippen LogP contribution >= 0.6 is 0 Å². The van der Waals surface area contributed by atoms with Crippen molar-refractivity contribution in [2.24, 2.45) is 10.9 Å². The monoisotopic (exact) mass is 321 g/mol. The summed E-state index contributed by atoms with van der Waals surface area (Å²) >= 11 is 0. The van der Waals surface area contributed by atoms with Crippen molar-refractivity contribution in [2.45, 2.75) is 46.0 Å². The third-order valence-corrected chi connectivity index (χ3v) is 3.72. The first kappa shape index (κ1) is 18.4.